The Hall–Kier alpha value is -3.82. The van der Waals surface area contributed by atoms with Gasteiger partial charge in [0.15, 0.2) is 0 Å². The molecular weight excluding hydrogens is 513 g/mol. The van der Waals surface area contributed by atoms with Crippen molar-refractivity contribution >= 4 is 18.0 Å². The zero-order chi connectivity index (χ0) is 28.2. The zero-order valence-electron chi connectivity index (χ0n) is 22.0. The first kappa shape index (κ1) is 28.2. The highest BCUT2D eigenvalue weighted by molar-refractivity contribution is 5.97. The molecule has 0 N–H and O–H groups in total. The lowest BCUT2D eigenvalue weighted by atomic mass is 9.77. The molecule has 1 saturated carbocycles. The van der Waals surface area contributed by atoms with Crippen LogP contribution in [0.1, 0.15) is 69.9 Å². The van der Waals surface area contributed by atoms with Gasteiger partial charge in [-0.05, 0) is 63.4 Å². The lowest BCUT2D eigenvalue weighted by Gasteiger charge is -2.36. The number of allylic oxidation sites excluding steroid dienone is 2. The fourth-order valence-electron chi connectivity index (χ4n) is 4.85. The van der Waals surface area contributed by atoms with Crippen LogP contribution in [0.2, 0.25) is 0 Å². The smallest absolute Gasteiger partial charge is 0.431 e. The molecule has 10 heteroatoms. The Morgan fingerprint density at radius 1 is 0.949 bits per heavy atom. The monoisotopic (exact) mass is 544 g/mol. The normalized spacial score (nSPS) is 18.6. The molecule has 0 bridgehead atoms. The molecule has 1 amide bonds. The molecule has 2 aromatic carbocycles. The molecule has 1 aliphatic heterocycles. The fourth-order valence-corrected chi connectivity index (χ4v) is 4.85. The quantitative estimate of drug-likeness (QED) is 0.356. The van der Waals surface area contributed by atoms with Gasteiger partial charge in [0.05, 0.1) is 29.0 Å². The predicted molar refractivity (Wildman–Crippen MR) is 138 cm³/mol. The number of hydrogen-bond donors (Lipinski definition) is 0. The van der Waals surface area contributed by atoms with Gasteiger partial charge in [-0.2, -0.15) is 23.3 Å². The van der Waals surface area contributed by atoms with Gasteiger partial charge in [-0.15, -0.1) is 0 Å². The molecule has 1 atom stereocenters. The molecule has 1 heterocycles. The molecule has 1 unspecified atom stereocenters. The van der Waals surface area contributed by atoms with Crippen LogP contribution in [-0.2, 0) is 15.7 Å². The van der Waals surface area contributed by atoms with Crippen molar-refractivity contribution in [1.82, 2.24) is 5.01 Å². The molecule has 1 fully saturated rings. The number of hydrogen-bond acceptors (Lipinski definition) is 6. The summed E-state index contributed by atoms with van der Waals surface area (Å²) in [6, 6.07) is 13.1. The molecular formula is C29H31F3N2O5. The first-order chi connectivity index (χ1) is 18.5. The maximum Gasteiger partial charge on any atom is 0.513 e. The lowest BCUT2D eigenvalue weighted by molar-refractivity contribution is -0.137. The average molecular weight is 545 g/mol. The number of alkyl halides is 3. The lowest BCUT2D eigenvalue weighted by Crippen LogP contribution is -2.39. The molecule has 0 aromatic heterocycles. The van der Waals surface area contributed by atoms with Crippen molar-refractivity contribution in [3.8, 4) is 5.75 Å². The number of carbonyl (C=O) groups is 2. The molecule has 2 aromatic rings. The van der Waals surface area contributed by atoms with Crippen LogP contribution in [0.15, 0.2) is 71.2 Å². The largest absolute Gasteiger partial charge is 0.513 e. The molecule has 4 rings (SSSR count). The van der Waals surface area contributed by atoms with E-state index in [1.807, 2.05) is 0 Å². The van der Waals surface area contributed by atoms with Gasteiger partial charge >= 0.3 is 18.4 Å². The van der Waals surface area contributed by atoms with Crippen molar-refractivity contribution in [2.45, 2.75) is 71.1 Å². The minimum absolute atomic E-state index is 0.0565. The minimum atomic E-state index is -4.50. The Morgan fingerprint density at radius 2 is 1.59 bits per heavy atom. The van der Waals surface area contributed by atoms with Crippen LogP contribution < -0.4 is 4.74 Å². The summed E-state index contributed by atoms with van der Waals surface area (Å²) in [6.07, 6.45) is -2.30. The SMILES string of the molecule is CC1=C(OC(=O)OC(C)C)C(c2ccc(C(F)(F)F)cc2)C(C2CCCCC2)=NN1C(=O)Oc1ccccc1. The summed E-state index contributed by atoms with van der Waals surface area (Å²) in [4.78, 5) is 26.0. The van der Waals surface area contributed by atoms with E-state index < -0.39 is 36.0 Å². The van der Waals surface area contributed by atoms with E-state index in [0.717, 1.165) is 49.2 Å². The van der Waals surface area contributed by atoms with Crippen molar-refractivity contribution in [2.24, 2.45) is 11.0 Å². The van der Waals surface area contributed by atoms with Gasteiger partial charge in [0.2, 0.25) is 0 Å². The maximum absolute atomic E-state index is 13.3. The van der Waals surface area contributed by atoms with Gasteiger partial charge in [-0.3, -0.25) is 0 Å². The first-order valence-corrected chi connectivity index (χ1v) is 13.0. The molecule has 0 saturated heterocycles. The summed E-state index contributed by atoms with van der Waals surface area (Å²) in [7, 11) is 0. The van der Waals surface area contributed by atoms with Crippen molar-refractivity contribution in [2.75, 3.05) is 0 Å². The highest BCUT2D eigenvalue weighted by atomic mass is 19.4. The Morgan fingerprint density at radius 3 is 2.18 bits per heavy atom. The highest BCUT2D eigenvalue weighted by Crippen LogP contribution is 2.42. The second-order valence-corrected chi connectivity index (χ2v) is 9.87. The zero-order valence-corrected chi connectivity index (χ0v) is 22.0. The molecule has 1 aliphatic carbocycles. The minimum Gasteiger partial charge on any atom is -0.431 e. The van der Waals surface area contributed by atoms with Crippen molar-refractivity contribution in [3.63, 3.8) is 0 Å². The highest BCUT2D eigenvalue weighted by Gasteiger charge is 2.41. The van der Waals surface area contributed by atoms with Crippen molar-refractivity contribution in [1.29, 1.82) is 0 Å². The molecule has 7 nitrogen and oxygen atoms in total. The number of ether oxygens (including phenoxy) is 3. The number of hydrazone groups is 1. The number of carbonyl (C=O) groups excluding carboxylic acids is 2. The average Bonchev–Trinajstić information content (AvgIpc) is 2.90. The van der Waals surface area contributed by atoms with Crippen LogP contribution in [-0.4, -0.2) is 29.1 Å². The standard InChI is InChI=1S/C29H31F3N2O5/c1-18(2)37-28(36)39-26-19(3)34(27(35)38-23-12-8-5-9-13-23)33-25(21-10-6-4-7-11-21)24(26)20-14-16-22(17-15-20)29(30,31)32/h5,8-9,12-18,21,24H,4,6-7,10-11H2,1-3H3. The van der Waals surface area contributed by atoms with Crippen LogP contribution in [0.3, 0.4) is 0 Å². The third-order valence-corrected chi connectivity index (χ3v) is 6.69. The fraction of sp³-hybridized carbons (Fsp3) is 0.414. The third kappa shape index (κ3) is 6.79. The second-order valence-electron chi connectivity index (χ2n) is 9.87. The van der Waals surface area contributed by atoms with E-state index >= 15 is 0 Å². The van der Waals surface area contributed by atoms with E-state index in [1.54, 1.807) is 51.1 Å². The molecule has 208 valence electrons. The van der Waals surface area contributed by atoms with E-state index in [4.69, 9.17) is 19.3 Å². The van der Waals surface area contributed by atoms with Crippen molar-refractivity contribution < 1.29 is 37.0 Å². The number of nitrogens with zero attached hydrogens (tertiary/aromatic N) is 2. The molecule has 0 spiro atoms. The number of benzene rings is 2. The predicted octanol–water partition coefficient (Wildman–Crippen LogP) is 8.03. The van der Waals surface area contributed by atoms with E-state index in [9.17, 15) is 22.8 Å². The number of para-hydroxylation sites is 1. The van der Waals surface area contributed by atoms with Gasteiger partial charge in [0, 0.05) is 5.92 Å². The topological polar surface area (TPSA) is 77.4 Å². The number of amides is 1. The summed E-state index contributed by atoms with van der Waals surface area (Å²) in [6.45, 7) is 4.87. The summed E-state index contributed by atoms with van der Waals surface area (Å²) in [5.41, 5.74) is 0.349. The van der Waals surface area contributed by atoms with Crippen LogP contribution in [0.25, 0.3) is 0 Å². The van der Waals surface area contributed by atoms with E-state index in [2.05, 4.69) is 0 Å². The summed E-state index contributed by atoms with van der Waals surface area (Å²) < 4.78 is 56.3. The van der Waals surface area contributed by atoms with Crippen LogP contribution in [0, 0.1) is 5.92 Å². The van der Waals surface area contributed by atoms with Crippen LogP contribution in [0.4, 0.5) is 22.8 Å². The Kier molecular flexibility index (Phi) is 8.62. The van der Waals surface area contributed by atoms with Gasteiger partial charge in [-0.1, -0.05) is 49.6 Å². The Labute approximate surface area is 225 Å². The summed E-state index contributed by atoms with van der Waals surface area (Å²) in [5.74, 6) is -0.515. The van der Waals surface area contributed by atoms with Crippen LogP contribution in [0.5, 0.6) is 5.75 Å². The van der Waals surface area contributed by atoms with Gasteiger partial charge in [0.1, 0.15) is 11.5 Å². The van der Waals surface area contributed by atoms with Gasteiger partial charge in [-0.25, -0.2) is 9.59 Å². The van der Waals surface area contributed by atoms with Gasteiger partial charge in [0.25, 0.3) is 0 Å². The number of rotatable bonds is 5. The van der Waals surface area contributed by atoms with Crippen molar-refractivity contribution in [3.05, 3.63) is 77.2 Å². The van der Waals surface area contributed by atoms with Gasteiger partial charge < -0.3 is 14.2 Å². The molecule has 39 heavy (non-hydrogen) atoms. The Balaban J connectivity index is 1.80. The Bertz CT molecular complexity index is 1230. The van der Waals surface area contributed by atoms with Crippen LogP contribution >= 0.6 is 0 Å². The molecule has 2 aliphatic rings. The summed E-state index contributed by atoms with van der Waals surface area (Å²) >= 11 is 0. The molecule has 0 radical (unpaired) electrons. The third-order valence-electron chi connectivity index (χ3n) is 6.69. The number of halogens is 3. The first-order valence-electron chi connectivity index (χ1n) is 13.0. The second kappa shape index (κ2) is 11.9. The van der Waals surface area contributed by atoms with E-state index in [1.165, 1.54) is 12.1 Å². The summed E-state index contributed by atoms with van der Waals surface area (Å²) in [5, 5.41) is 5.74. The maximum atomic E-state index is 13.3. The van der Waals surface area contributed by atoms with E-state index in [-0.39, 0.29) is 17.4 Å². The van der Waals surface area contributed by atoms with E-state index in [0.29, 0.717) is 17.0 Å².